The van der Waals surface area contributed by atoms with Crippen molar-refractivity contribution in [3.05, 3.63) is 39.7 Å². The van der Waals surface area contributed by atoms with Crippen LogP contribution in [0.5, 0.6) is 11.6 Å². The molecule has 0 aliphatic carbocycles. The van der Waals surface area contributed by atoms with Crippen LogP contribution in [0.1, 0.15) is 32.5 Å². The molecule has 0 aliphatic rings. The zero-order chi connectivity index (χ0) is 14.5. The molecule has 0 radical (unpaired) electrons. The van der Waals surface area contributed by atoms with E-state index in [0.29, 0.717) is 5.88 Å². The van der Waals surface area contributed by atoms with Crippen molar-refractivity contribution in [2.45, 2.75) is 26.7 Å². The van der Waals surface area contributed by atoms with E-state index in [0.717, 1.165) is 23.9 Å². The molecule has 5 heteroatoms. The van der Waals surface area contributed by atoms with Gasteiger partial charge in [-0.25, -0.2) is 4.98 Å². The summed E-state index contributed by atoms with van der Waals surface area (Å²) >= 11 is 2.27. The Morgan fingerprint density at radius 1 is 1.20 bits per heavy atom. The minimum Gasteiger partial charge on any atom is -0.439 e. The van der Waals surface area contributed by atoms with Gasteiger partial charge in [-0.3, -0.25) is 0 Å². The van der Waals surface area contributed by atoms with Gasteiger partial charge in [-0.05, 0) is 53.8 Å². The molecule has 0 fully saturated rings. The van der Waals surface area contributed by atoms with Gasteiger partial charge in [0.05, 0.1) is 0 Å². The number of nitrogens with one attached hydrogen (secondary N) is 1. The maximum absolute atomic E-state index is 5.82. The van der Waals surface area contributed by atoms with Crippen LogP contribution < -0.4 is 10.1 Å². The van der Waals surface area contributed by atoms with Crippen LogP contribution in [0.2, 0.25) is 0 Å². The van der Waals surface area contributed by atoms with E-state index in [4.69, 9.17) is 4.74 Å². The Balaban J connectivity index is 2.27. The quantitative estimate of drug-likeness (QED) is 0.777. The maximum atomic E-state index is 5.82. The lowest BCUT2D eigenvalue weighted by Gasteiger charge is -2.11. The molecular formula is C15H18IN3O. The Labute approximate surface area is 133 Å². The number of anilines is 1. The van der Waals surface area contributed by atoms with E-state index >= 15 is 0 Å². The summed E-state index contributed by atoms with van der Waals surface area (Å²) in [5.74, 6) is 3.19. The Kier molecular flexibility index (Phi) is 5.17. The Bertz CT molecular complexity index is 570. The molecule has 0 aliphatic heterocycles. The van der Waals surface area contributed by atoms with Crippen molar-refractivity contribution in [1.82, 2.24) is 9.97 Å². The van der Waals surface area contributed by atoms with Crippen LogP contribution in [0.25, 0.3) is 0 Å². The van der Waals surface area contributed by atoms with E-state index in [2.05, 4.69) is 51.7 Å². The molecule has 4 nitrogen and oxygen atoms in total. The smallest absolute Gasteiger partial charge is 0.224 e. The Hall–Kier alpha value is -1.37. The van der Waals surface area contributed by atoms with Crippen molar-refractivity contribution in [3.63, 3.8) is 0 Å². The summed E-state index contributed by atoms with van der Waals surface area (Å²) in [6.07, 6.45) is 0. The van der Waals surface area contributed by atoms with Crippen molar-refractivity contribution in [2.75, 3.05) is 11.9 Å². The monoisotopic (exact) mass is 383 g/mol. The molecule has 1 heterocycles. The first-order valence-corrected chi connectivity index (χ1v) is 7.72. The normalized spacial score (nSPS) is 10.7. The molecule has 0 unspecified atom stereocenters. The molecule has 0 amide bonds. The fourth-order valence-electron chi connectivity index (χ4n) is 1.65. The number of ether oxygens (including phenoxy) is 1. The van der Waals surface area contributed by atoms with Crippen molar-refractivity contribution in [3.8, 4) is 11.6 Å². The predicted octanol–water partition coefficient (Wildman–Crippen LogP) is 4.43. The van der Waals surface area contributed by atoms with Gasteiger partial charge in [-0.1, -0.05) is 13.8 Å². The summed E-state index contributed by atoms with van der Waals surface area (Å²) in [4.78, 5) is 8.93. The molecule has 20 heavy (non-hydrogen) atoms. The van der Waals surface area contributed by atoms with Gasteiger partial charge >= 0.3 is 0 Å². The topological polar surface area (TPSA) is 47.0 Å². The highest BCUT2D eigenvalue weighted by atomic mass is 127. The van der Waals surface area contributed by atoms with Crippen molar-refractivity contribution >= 4 is 28.4 Å². The first-order valence-electron chi connectivity index (χ1n) is 6.64. The second-order valence-electron chi connectivity index (χ2n) is 4.69. The maximum Gasteiger partial charge on any atom is 0.224 e. The van der Waals surface area contributed by atoms with E-state index in [1.165, 1.54) is 3.57 Å². The third-order valence-corrected chi connectivity index (χ3v) is 3.35. The lowest BCUT2D eigenvalue weighted by Crippen LogP contribution is -2.05. The number of rotatable bonds is 5. The second kappa shape index (κ2) is 6.88. The molecule has 0 saturated heterocycles. The average molecular weight is 383 g/mol. The first kappa shape index (κ1) is 15.0. The van der Waals surface area contributed by atoms with E-state index < -0.39 is 0 Å². The van der Waals surface area contributed by atoms with E-state index in [9.17, 15) is 0 Å². The Morgan fingerprint density at radius 2 is 1.90 bits per heavy atom. The SMILES string of the molecule is CCNc1cc(Oc2ccc(I)cc2)nc(C(C)C)n1. The number of hydrogen-bond acceptors (Lipinski definition) is 4. The first-order chi connectivity index (χ1) is 9.58. The second-order valence-corrected chi connectivity index (χ2v) is 5.94. The summed E-state index contributed by atoms with van der Waals surface area (Å²) in [6, 6.07) is 9.71. The number of aromatic nitrogens is 2. The third-order valence-electron chi connectivity index (χ3n) is 2.63. The van der Waals surface area contributed by atoms with Gasteiger partial charge in [0.1, 0.15) is 17.4 Å². The highest BCUT2D eigenvalue weighted by Crippen LogP contribution is 2.24. The minimum atomic E-state index is 0.257. The standard InChI is InChI=1S/C15H18IN3O/c1-4-17-13-9-14(19-15(18-13)10(2)3)20-12-7-5-11(16)6-8-12/h5-10H,4H2,1-3H3,(H,17,18,19). The molecule has 2 rings (SSSR count). The van der Waals surface area contributed by atoms with Crippen LogP contribution >= 0.6 is 22.6 Å². The van der Waals surface area contributed by atoms with Crippen LogP contribution in [-0.2, 0) is 0 Å². The molecule has 1 aromatic carbocycles. The predicted molar refractivity (Wildman–Crippen MR) is 89.5 cm³/mol. The summed E-state index contributed by atoms with van der Waals surface area (Å²) in [7, 11) is 0. The lowest BCUT2D eigenvalue weighted by atomic mass is 10.2. The van der Waals surface area contributed by atoms with Crippen LogP contribution in [0.15, 0.2) is 30.3 Å². The zero-order valence-electron chi connectivity index (χ0n) is 11.9. The number of hydrogen-bond donors (Lipinski definition) is 1. The van der Waals surface area contributed by atoms with Crippen molar-refractivity contribution < 1.29 is 4.74 Å². The highest BCUT2D eigenvalue weighted by molar-refractivity contribution is 14.1. The molecule has 1 N–H and O–H groups in total. The van der Waals surface area contributed by atoms with Crippen LogP contribution in [-0.4, -0.2) is 16.5 Å². The van der Waals surface area contributed by atoms with Gasteiger partial charge in [0.25, 0.3) is 0 Å². The van der Waals surface area contributed by atoms with Crippen LogP contribution in [0, 0.1) is 3.57 Å². The molecule has 2 aromatic rings. The summed E-state index contributed by atoms with van der Waals surface area (Å²) in [6.45, 7) is 6.99. The lowest BCUT2D eigenvalue weighted by molar-refractivity contribution is 0.457. The van der Waals surface area contributed by atoms with Gasteiger partial charge in [-0.2, -0.15) is 4.98 Å². The molecule has 0 saturated carbocycles. The Morgan fingerprint density at radius 3 is 2.50 bits per heavy atom. The molecule has 1 aromatic heterocycles. The number of benzene rings is 1. The summed E-state index contributed by atoms with van der Waals surface area (Å²) < 4.78 is 6.99. The van der Waals surface area contributed by atoms with Gasteiger partial charge in [0, 0.05) is 22.1 Å². The van der Waals surface area contributed by atoms with Gasteiger partial charge in [-0.15, -0.1) is 0 Å². The fraction of sp³-hybridized carbons (Fsp3) is 0.333. The van der Waals surface area contributed by atoms with Crippen molar-refractivity contribution in [2.24, 2.45) is 0 Å². The van der Waals surface area contributed by atoms with Gasteiger partial charge in [0.15, 0.2) is 0 Å². The van der Waals surface area contributed by atoms with Crippen molar-refractivity contribution in [1.29, 1.82) is 0 Å². The summed E-state index contributed by atoms with van der Waals surface area (Å²) in [5, 5.41) is 3.21. The molecule has 0 spiro atoms. The molecule has 106 valence electrons. The highest BCUT2D eigenvalue weighted by Gasteiger charge is 2.09. The molecular weight excluding hydrogens is 365 g/mol. The average Bonchev–Trinajstić information content (AvgIpc) is 2.41. The van der Waals surface area contributed by atoms with Crippen LogP contribution in [0.4, 0.5) is 5.82 Å². The third kappa shape index (κ3) is 4.06. The zero-order valence-corrected chi connectivity index (χ0v) is 14.0. The van der Waals surface area contributed by atoms with E-state index in [1.54, 1.807) is 0 Å². The number of nitrogens with zero attached hydrogens (tertiary/aromatic N) is 2. The molecule has 0 atom stereocenters. The fourth-order valence-corrected chi connectivity index (χ4v) is 2.01. The molecule has 0 bridgehead atoms. The minimum absolute atomic E-state index is 0.257. The van der Waals surface area contributed by atoms with Gasteiger partial charge in [0.2, 0.25) is 5.88 Å². The largest absolute Gasteiger partial charge is 0.439 e. The summed E-state index contributed by atoms with van der Waals surface area (Å²) in [5.41, 5.74) is 0. The van der Waals surface area contributed by atoms with E-state index in [-0.39, 0.29) is 5.92 Å². The number of halogens is 1. The van der Waals surface area contributed by atoms with E-state index in [1.807, 2.05) is 37.3 Å². The van der Waals surface area contributed by atoms with Crippen LogP contribution in [0.3, 0.4) is 0 Å². The van der Waals surface area contributed by atoms with Gasteiger partial charge < -0.3 is 10.1 Å².